The highest BCUT2D eigenvalue weighted by atomic mass is 79.9. The van der Waals surface area contributed by atoms with E-state index in [4.69, 9.17) is 10.5 Å². The Bertz CT molecular complexity index is 656. The first-order valence-corrected chi connectivity index (χ1v) is 6.95. The summed E-state index contributed by atoms with van der Waals surface area (Å²) in [6.07, 6.45) is -4.42. The Morgan fingerprint density at radius 2 is 1.86 bits per heavy atom. The average Bonchev–Trinajstić information content (AvgIpc) is 2.40. The number of hydrogen-bond acceptors (Lipinski definition) is 2. The zero-order chi connectivity index (χ0) is 15.6. The molecule has 0 saturated carbocycles. The highest BCUT2D eigenvalue weighted by molar-refractivity contribution is 9.10. The van der Waals surface area contributed by atoms with Crippen molar-refractivity contribution in [3.8, 4) is 11.5 Å². The lowest BCUT2D eigenvalue weighted by Crippen LogP contribution is -2.11. The van der Waals surface area contributed by atoms with Gasteiger partial charge in [0, 0.05) is 11.0 Å². The van der Waals surface area contributed by atoms with Crippen molar-refractivity contribution < 1.29 is 17.9 Å². The number of benzene rings is 2. The van der Waals surface area contributed by atoms with Crippen molar-refractivity contribution in [2.24, 2.45) is 5.73 Å². The van der Waals surface area contributed by atoms with E-state index >= 15 is 0 Å². The van der Waals surface area contributed by atoms with Gasteiger partial charge in [-0.05, 0) is 54.4 Å². The smallest absolute Gasteiger partial charge is 0.416 e. The molecule has 2 nitrogen and oxygen atoms in total. The van der Waals surface area contributed by atoms with Gasteiger partial charge in [0.25, 0.3) is 0 Å². The lowest BCUT2D eigenvalue weighted by molar-refractivity contribution is -0.138. The fraction of sp³-hybridized carbons (Fsp3) is 0.200. The Balaban J connectivity index is 2.33. The first-order chi connectivity index (χ1) is 9.81. The molecule has 0 bridgehead atoms. The molecule has 2 aromatic carbocycles. The van der Waals surface area contributed by atoms with Crippen LogP contribution >= 0.6 is 15.9 Å². The van der Waals surface area contributed by atoms with E-state index < -0.39 is 11.7 Å². The van der Waals surface area contributed by atoms with Gasteiger partial charge in [-0.1, -0.05) is 15.9 Å². The minimum absolute atomic E-state index is 0.00904. The standard InChI is InChI=1S/C15H13BrF3NO/c1-9-6-11(16)2-5-14(9)21-12-3-4-13(15(17,18)19)10(7-12)8-20/h2-7H,8,20H2,1H3. The lowest BCUT2D eigenvalue weighted by atomic mass is 10.1. The summed E-state index contributed by atoms with van der Waals surface area (Å²) in [6.45, 7) is 1.65. The average molecular weight is 360 g/mol. The van der Waals surface area contributed by atoms with Crippen LogP contribution < -0.4 is 10.5 Å². The van der Waals surface area contributed by atoms with Gasteiger partial charge in [0.1, 0.15) is 11.5 Å². The molecule has 0 radical (unpaired) electrons. The van der Waals surface area contributed by atoms with Crippen LogP contribution in [0.25, 0.3) is 0 Å². The molecule has 0 unspecified atom stereocenters. The van der Waals surface area contributed by atoms with Gasteiger partial charge in [0.05, 0.1) is 5.56 Å². The van der Waals surface area contributed by atoms with Crippen LogP contribution in [0.2, 0.25) is 0 Å². The molecule has 6 heteroatoms. The van der Waals surface area contributed by atoms with Crippen molar-refractivity contribution in [3.63, 3.8) is 0 Å². The predicted molar refractivity (Wildman–Crippen MR) is 78.3 cm³/mol. The van der Waals surface area contributed by atoms with E-state index in [1.807, 2.05) is 13.0 Å². The largest absolute Gasteiger partial charge is 0.457 e. The number of aryl methyl sites for hydroxylation is 1. The number of hydrogen-bond donors (Lipinski definition) is 1. The topological polar surface area (TPSA) is 35.2 Å². The quantitative estimate of drug-likeness (QED) is 0.834. The first-order valence-electron chi connectivity index (χ1n) is 6.15. The molecule has 0 aliphatic rings. The van der Waals surface area contributed by atoms with Gasteiger partial charge in [0.15, 0.2) is 0 Å². The fourth-order valence-electron chi connectivity index (χ4n) is 1.93. The van der Waals surface area contributed by atoms with Gasteiger partial charge < -0.3 is 10.5 Å². The fourth-order valence-corrected chi connectivity index (χ4v) is 2.41. The summed E-state index contributed by atoms with van der Waals surface area (Å²) < 4.78 is 44.9. The molecule has 0 saturated heterocycles. The molecule has 2 aromatic rings. The summed E-state index contributed by atoms with van der Waals surface area (Å²) in [6, 6.07) is 9.03. The van der Waals surface area contributed by atoms with Crippen LogP contribution in [-0.2, 0) is 12.7 Å². The summed E-state index contributed by atoms with van der Waals surface area (Å²) in [5.41, 5.74) is 5.55. The first kappa shape index (κ1) is 15.9. The predicted octanol–water partition coefficient (Wildman–Crippen LogP) is 5.03. The Kier molecular flexibility index (Phi) is 4.58. The zero-order valence-corrected chi connectivity index (χ0v) is 12.8. The summed E-state index contributed by atoms with van der Waals surface area (Å²) in [4.78, 5) is 0. The minimum Gasteiger partial charge on any atom is -0.457 e. The van der Waals surface area contributed by atoms with E-state index in [-0.39, 0.29) is 12.1 Å². The van der Waals surface area contributed by atoms with Gasteiger partial charge in [-0.15, -0.1) is 0 Å². The van der Waals surface area contributed by atoms with Crippen LogP contribution in [0.4, 0.5) is 13.2 Å². The van der Waals surface area contributed by atoms with Crippen molar-refractivity contribution in [2.75, 3.05) is 0 Å². The van der Waals surface area contributed by atoms with Gasteiger partial charge in [-0.25, -0.2) is 0 Å². The molecule has 0 atom stereocenters. The van der Waals surface area contributed by atoms with E-state index in [2.05, 4.69) is 15.9 Å². The molecule has 2 rings (SSSR count). The van der Waals surface area contributed by atoms with Crippen LogP contribution in [0.15, 0.2) is 40.9 Å². The number of nitrogens with two attached hydrogens (primary N) is 1. The van der Waals surface area contributed by atoms with Crippen molar-refractivity contribution in [1.29, 1.82) is 0 Å². The Hall–Kier alpha value is -1.53. The van der Waals surface area contributed by atoms with Crippen LogP contribution in [0, 0.1) is 6.92 Å². The summed E-state index contributed by atoms with van der Waals surface area (Å²) in [5.74, 6) is 0.912. The van der Waals surface area contributed by atoms with Crippen molar-refractivity contribution in [3.05, 3.63) is 57.6 Å². The monoisotopic (exact) mass is 359 g/mol. The van der Waals surface area contributed by atoms with E-state index in [0.717, 1.165) is 16.1 Å². The Morgan fingerprint density at radius 3 is 2.43 bits per heavy atom. The second-order valence-corrected chi connectivity index (χ2v) is 5.45. The minimum atomic E-state index is -4.42. The van der Waals surface area contributed by atoms with E-state index in [1.165, 1.54) is 12.1 Å². The molecule has 0 amide bonds. The normalized spacial score (nSPS) is 11.5. The number of rotatable bonds is 3. The summed E-state index contributed by atoms with van der Waals surface area (Å²) >= 11 is 3.34. The third kappa shape index (κ3) is 3.77. The maximum atomic E-state index is 12.8. The maximum absolute atomic E-state index is 12.8. The number of ether oxygens (including phenoxy) is 1. The zero-order valence-electron chi connectivity index (χ0n) is 11.2. The van der Waals surface area contributed by atoms with Gasteiger partial charge >= 0.3 is 6.18 Å². The number of alkyl halides is 3. The van der Waals surface area contributed by atoms with Gasteiger partial charge in [-0.3, -0.25) is 0 Å². The van der Waals surface area contributed by atoms with Crippen LogP contribution in [0.1, 0.15) is 16.7 Å². The molecule has 2 N–H and O–H groups in total. The van der Waals surface area contributed by atoms with Crippen molar-refractivity contribution in [2.45, 2.75) is 19.6 Å². The molecule has 0 heterocycles. The second-order valence-electron chi connectivity index (χ2n) is 4.53. The van der Waals surface area contributed by atoms with E-state index in [0.29, 0.717) is 11.5 Å². The third-order valence-corrected chi connectivity index (χ3v) is 3.46. The molecule has 0 aliphatic heterocycles. The molecule has 0 spiro atoms. The highest BCUT2D eigenvalue weighted by Crippen LogP contribution is 2.35. The van der Waals surface area contributed by atoms with Crippen LogP contribution in [0.5, 0.6) is 11.5 Å². The van der Waals surface area contributed by atoms with E-state index in [9.17, 15) is 13.2 Å². The maximum Gasteiger partial charge on any atom is 0.416 e. The summed E-state index contributed by atoms with van der Waals surface area (Å²) in [7, 11) is 0. The van der Waals surface area contributed by atoms with E-state index in [1.54, 1.807) is 12.1 Å². The van der Waals surface area contributed by atoms with Gasteiger partial charge in [-0.2, -0.15) is 13.2 Å². The SMILES string of the molecule is Cc1cc(Br)ccc1Oc1ccc(C(F)(F)F)c(CN)c1. The molecule has 21 heavy (non-hydrogen) atoms. The molecule has 0 fully saturated rings. The second kappa shape index (κ2) is 6.07. The molecule has 0 aromatic heterocycles. The Morgan fingerprint density at radius 1 is 1.14 bits per heavy atom. The lowest BCUT2D eigenvalue weighted by Gasteiger charge is -2.14. The van der Waals surface area contributed by atoms with Crippen LogP contribution in [0.3, 0.4) is 0 Å². The molecule has 112 valence electrons. The summed E-state index contributed by atoms with van der Waals surface area (Å²) in [5, 5.41) is 0. The Labute approximate surface area is 128 Å². The molecule has 0 aliphatic carbocycles. The molecular weight excluding hydrogens is 347 g/mol. The number of halogens is 4. The van der Waals surface area contributed by atoms with Crippen molar-refractivity contribution in [1.82, 2.24) is 0 Å². The van der Waals surface area contributed by atoms with Crippen LogP contribution in [-0.4, -0.2) is 0 Å². The highest BCUT2D eigenvalue weighted by Gasteiger charge is 2.33. The van der Waals surface area contributed by atoms with Crippen molar-refractivity contribution >= 4 is 15.9 Å². The van der Waals surface area contributed by atoms with Gasteiger partial charge in [0.2, 0.25) is 0 Å². The third-order valence-electron chi connectivity index (χ3n) is 2.97. The molecular formula is C15H13BrF3NO.